The normalized spacial score (nSPS) is 10.3. The van der Waals surface area contributed by atoms with Crippen LogP contribution < -0.4 is 10.6 Å². The second-order valence-electron chi connectivity index (χ2n) is 4.25. The van der Waals surface area contributed by atoms with Crippen molar-refractivity contribution in [3.63, 3.8) is 0 Å². The van der Waals surface area contributed by atoms with Gasteiger partial charge in [-0.05, 0) is 31.4 Å². The number of nitrogens with two attached hydrogens (primary N) is 1. The molecule has 0 aliphatic carbocycles. The van der Waals surface area contributed by atoms with E-state index in [0.29, 0.717) is 5.69 Å². The van der Waals surface area contributed by atoms with Gasteiger partial charge in [-0.15, -0.1) is 0 Å². The van der Waals surface area contributed by atoms with E-state index in [0.717, 1.165) is 31.5 Å². The van der Waals surface area contributed by atoms with E-state index in [-0.39, 0.29) is 12.2 Å². The number of aliphatic hydroxyl groups excluding tert-OH is 1. The Morgan fingerprint density at radius 2 is 2.06 bits per heavy atom. The van der Waals surface area contributed by atoms with Crippen molar-refractivity contribution in [2.75, 3.05) is 30.8 Å². The van der Waals surface area contributed by atoms with Gasteiger partial charge in [-0.1, -0.05) is 6.07 Å². The molecule has 1 aromatic rings. The Kier molecular flexibility index (Phi) is 5.45. The van der Waals surface area contributed by atoms with Gasteiger partial charge >= 0.3 is 5.97 Å². The first-order valence-electron chi connectivity index (χ1n) is 6.01. The van der Waals surface area contributed by atoms with Crippen LogP contribution in [0.15, 0.2) is 18.2 Å². The number of carboxylic acid groups (broad SMARTS) is 1. The Hall–Kier alpha value is -1.75. The quantitative estimate of drug-likeness (QED) is 0.506. The smallest absolute Gasteiger partial charge is 0.337 e. The van der Waals surface area contributed by atoms with Crippen LogP contribution in [0.1, 0.15) is 29.6 Å². The molecule has 0 fully saturated rings. The van der Waals surface area contributed by atoms with Gasteiger partial charge in [0, 0.05) is 20.2 Å². The highest BCUT2D eigenvalue weighted by atomic mass is 16.4. The molecule has 0 heterocycles. The van der Waals surface area contributed by atoms with Crippen molar-refractivity contribution in [2.24, 2.45) is 0 Å². The number of carboxylic acids is 1. The first-order valence-corrected chi connectivity index (χ1v) is 6.01. The van der Waals surface area contributed by atoms with Gasteiger partial charge in [-0.25, -0.2) is 4.79 Å². The number of aliphatic hydroxyl groups is 1. The van der Waals surface area contributed by atoms with E-state index < -0.39 is 5.97 Å². The molecule has 0 saturated heterocycles. The monoisotopic (exact) mass is 252 g/mol. The maximum Gasteiger partial charge on any atom is 0.337 e. The highest BCUT2D eigenvalue weighted by molar-refractivity contribution is 5.97. The summed E-state index contributed by atoms with van der Waals surface area (Å²) in [6, 6.07) is 5.01. The summed E-state index contributed by atoms with van der Waals surface area (Å²) in [5, 5.41) is 17.7. The second-order valence-corrected chi connectivity index (χ2v) is 4.25. The van der Waals surface area contributed by atoms with E-state index in [9.17, 15) is 4.79 Å². The maximum atomic E-state index is 11.0. The lowest BCUT2D eigenvalue weighted by atomic mass is 10.1. The van der Waals surface area contributed by atoms with Gasteiger partial charge in [-0.2, -0.15) is 0 Å². The van der Waals surface area contributed by atoms with Gasteiger partial charge in [0.25, 0.3) is 0 Å². The zero-order valence-electron chi connectivity index (χ0n) is 10.6. The molecule has 5 heteroatoms. The van der Waals surface area contributed by atoms with Crippen molar-refractivity contribution >= 4 is 17.3 Å². The molecular weight excluding hydrogens is 232 g/mol. The van der Waals surface area contributed by atoms with Crippen molar-refractivity contribution in [3.8, 4) is 0 Å². The van der Waals surface area contributed by atoms with Gasteiger partial charge in [0.1, 0.15) is 0 Å². The number of nitrogens with zero attached hydrogens (tertiary/aromatic N) is 1. The molecule has 18 heavy (non-hydrogen) atoms. The predicted octanol–water partition coefficient (Wildman–Crippen LogP) is 1.57. The van der Waals surface area contributed by atoms with Crippen LogP contribution >= 0.6 is 0 Å². The number of para-hydroxylation sites is 1. The van der Waals surface area contributed by atoms with Gasteiger partial charge in [0.05, 0.1) is 16.9 Å². The number of benzene rings is 1. The Morgan fingerprint density at radius 1 is 1.33 bits per heavy atom. The van der Waals surface area contributed by atoms with Gasteiger partial charge in [0.2, 0.25) is 0 Å². The molecule has 0 saturated carbocycles. The molecule has 0 unspecified atom stereocenters. The minimum Gasteiger partial charge on any atom is -0.478 e. The third-order valence-electron chi connectivity index (χ3n) is 2.88. The number of nitrogen functional groups attached to an aromatic ring is 1. The number of anilines is 2. The minimum atomic E-state index is -1.01. The van der Waals surface area contributed by atoms with E-state index in [2.05, 4.69) is 0 Å². The van der Waals surface area contributed by atoms with Crippen molar-refractivity contribution in [3.05, 3.63) is 23.8 Å². The first kappa shape index (κ1) is 14.3. The topological polar surface area (TPSA) is 86.8 Å². The molecule has 5 nitrogen and oxygen atoms in total. The lowest BCUT2D eigenvalue weighted by molar-refractivity contribution is 0.0698. The molecule has 0 aromatic heterocycles. The van der Waals surface area contributed by atoms with E-state index in [1.807, 2.05) is 18.0 Å². The largest absolute Gasteiger partial charge is 0.478 e. The molecule has 4 N–H and O–H groups in total. The third-order valence-corrected chi connectivity index (χ3v) is 2.88. The minimum absolute atomic E-state index is 0.134. The zero-order valence-corrected chi connectivity index (χ0v) is 10.6. The fourth-order valence-corrected chi connectivity index (χ4v) is 1.83. The first-order chi connectivity index (χ1) is 8.57. The maximum absolute atomic E-state index is 11.0. The molecule has 1 rings (SSSR count). The summed E-state index contributed by atoms with van der Waals surface area (Å²) in [7, 11) is 1.89. The summed E-state index contributed by atoms with van der Waals surface area (Å²) in [6.07, 6.45) is 2.67. The lowest BCUT2D eigenvalue weighted by Crippen LogP contribution is -2.20. The summed E-state index contributed by atoms with van der Waals surface area (Å²) in [4.78, 5) is 12.9. The van der Waals surface area contributed by atoms with Crippen LogP contribution in [0.25, 0.3) is 0 Å². The summed E-state index contributed by atoms with van der Waals surface area (Å²) in [6.45, 7) is 0.994. The number of aromatic carboxylic acids is 1. The average Bonchev–Trinajstić information content (AvgIpc) is 2.34. The Bertz CT molecular complexity index is 407. The van der Waals surface area contributed by atoms with E-state index in [1.54, 1.807) is 6.07 Å². The summed E-state index contributed by atoms with van der Waals surface area (Å²) >= 11 is 0. The van der Waals surface area contributed by atoms with Crippen molar-refractivity contribution < 1.29 is 15.0 Å². The van der Waals surface area contributed by atoms with Gasteiger partial charge < -0.3 is 20.8 Å². The van der Waals surface area contributed by atoms with Crippen LogP contribution in [0.3, 0.4) is 0 Å². The predicted molar refractivity (Wildman–Crippen MR) is 72.0 cm³/mol. The number of carbonyl (C=O) groups is 1. The molecule has 100 valence electrons. The Labute approximate surface area is 107 Å². The average molecular weight is 252 g/mol. The Balaban J connectivity index is 2.70. The number of hydrogen-bond acceptors (Lipinski definition) is 4. The summed E-state index contributed by atoms with van der Waals surface area (Å²) in [5.41, 5.74) is 7.02. The van der Waals surface area contributed by atoms with Crippen molar-refractivity contribution in [2.45, 2.75) is 19.3 Å². The number of rotatable bonds is 7. The van der Waals surface area contributed by atoms with Crippen LogP contribution in [-0.4, -0.2) is 36.4 Å². The van der Waals surface area contributed by atoms with E-state index in [1.165, 1.54) is 6.07 Å². The van der Waals surface area contributed by atoms with Crippen LogP contribution in [0.2, 0.25) is 0 Å². The van der Waals surface area contributed by atoms with Crippen LogP contribution in [0, 0.1) is 0 Å². The molecule has 0 bridgehead atoms. The molecule has 0 radical (unpaired) electrons. The molecule has 0 amide bonds. The van der Waals surface area contributed by atoms with Crippen LogP contribution in [-0.2, 0) is 0 Å². The van der Waals surface area contributed by atoms with Gasteiger partial charge in [-0.3, -0.25) is 0 Å². The SMILES string of the molecule is CN(CCCCCO)c1cccc(C(=O)O)c1N. The fraction of sp³-hybridized carbons (Fsp3) is 0.462. The second kappa shape index (κ2) is 6.86. The van der Waals surface area contributed by atoms with E-state index >= 15 is 0 Å². The van der Waals surface area contributed by atoms with Crippen LogP contribution in [0.4, 0.5) is 11.4 Å². The molecule has 0 spiro atoms. The highest BCUT2D eigenvalue weighted by Gasteiger charge is 2.13. The standard InChI is InChI=1S/C13H20N2O3/c1-15(8-3-2-4-9-16)11-7-5-6-10(12(11)14)13(17)18/h5-7,16H,2-4,8-9,14H2,1H3,(H,17,18). The molecular formula is C13H20N2O3. The lowest BCUT2D eigenvalue weighted by Gasteiger charge is -2.21. The van der Waals surface area contributed by atoms with Crippen LogP contribution in [0.5, 0.6) is 0 Å². The Morgan fingerprint density at radius 3 is 2.67 bits per heavy atom. The number of unbranched alkanes of at least 4 members (excludes halogenated alkanes) is 2. The third kappa shape index (κ3) is 3.63. The summed E-state index contributed by atoms with van der Waals surface area (Å²) in [5.74, 6) is -1.01. The van der Waals surface area contributed by atoms with E-state index in [4.69, 9.17) is 15.9 Å². The molecule has 0 aliphatic rings. The molecule has 0 atom stereocenters. The molecule has 0 aliphatic heterocycles. The zero-order chi connectivity index (χ0) is 13.5. The fourth-order valence-electron chi connectivity index (χ4n) is 1.83. The summed E-state index contributed by atoms with van der Waals surface area (Å²) < 4.78 is 0. The van der Waals surface area contributed by atoms with Gasteiger partial charge in [0.15, 0.2) is 0 Å². The van der Waals surface area contributed by atoms with Crippen molar-refractivity contribution in [1.82, 2.24) is 0 Å². The van der Waals surface area contributed by atoms with Crippen molar-refractivity contribution in [1.29, 1.82) is 0 Å². The molecule has 1 aromatic carbocycles. The highest BCUT2D eigenvalue weighted by Crippen LogP contribution is 2.26. The number of hydrogen-bond donors (Lipinski definition) is 3.